The van der Waals surface area contributed by atoms with Crippen molar-refractivity contribution in [1.82, 2.24) is 9.29 Å². The molecular weight excluding hydrogens is 288 g/mol. The van der Waals surface area contributed by atoms with Gasteiger partial charge in [0.05, 0.1) is 5.75 Å². The van der Waals surface area contributed by atoms with E-state index in [0.29, 0.717) is 32.7 Å². The first kappa shape index (κ1) is 16.2. The monoisotopic (exact) mass is 312 g/mol. The van der Waals surface area contributed by atoms with Gasteiger partial charge in [-0.2, -0.15) is 4.31 Å². The lowest BCUT2D eigenvalue weighted by Crippen LogP contribution is -2.49. The third-order valence-corrected chi connectivity index (χ3v) is 5.78. The second-order valence-corrected chi connectivity index (χ2v) is 7.80. The summed E-state index contributed by atoms with van der Waals surface area (Å²) in [5, 5.41) is 0. The Morgan fingerprint density at radius 2 is 1.90 bits per heavy atom. The van der Waals surface area contributed by atoms with Crippen molar-refractivity contribution < 1.29 is 8.42 Å². The molecule has 1 aromatic heterocycles. The van der Waals surface area contributed by atoms with Gasteiger partial charge in [0.25, 0.3) is 0 Å². The molecule has 21 heavy (non-hydrogen) atoms. The summed E-state index contributed by atoms with van der Waals surface area (Å²) in [7, 11) is -3.13. The van der Waals surface area contributed by atoms with Gasteiger partial charge in [0, 0.05) is 38.9 Å². The predicted octanol–water partition coefficient (Wildman–Crippen LogP) is 0.648. The zero-order valence-corrected chi connectivity index (χ0v) is 13.5. The van der Waals surface area contributed by atoms with Gasteiger partial charge < -0.3 is 10.6 Å². The summed E-state index contributed by atoms with van der Waals surface area (Å²) in [4.78, 5) is 6.50. The van der Waals surface area contributed by atoms with Gasteiger partial charge in [-0.15, -0.1) is 0 Å². The standard InChI is InChI=1S/C14H24N4O2S/c1-12(2)11-21(19,20)18-7-5-17(6-8-18)14-4-3-13(9-15)10-16-14/h3-4,10,12H,5-9,11,15H2,1-2H3. The molecule has 1 fully saturated rings. The topological polar surface area (TPSA) is 79.5 Å². The zero-order valence-electron chi connectivity index (χ0n) is 12.7. The number of nitrogens with two attached hydrogens (primary N) is 1. The molecule has 0 aromatic carbocycles. The van der Waals surface area contributed by atoms with E-state index in [4.69, 9.17) is 5.73 Å². The Bertz CT molecular complexity index is 549. The Hall–Kier alpha value is -1.18. The fourth-order valence-corrected chi connectivity index (χ4v) is 4.22. The van der Waals surface area contributed by atoms with E-state index in [9.17, 15) is 8.42 Å². The number of rotatable bonds is 5. The van der Waals surface area contributed by atoms with Crippen LogP contribution in [-0.4, -0.2) is 49.6 Å². The van der Waals surface area contributed by atoms with Crippen LogP contribution in [0.5, 0.6) is 0 Å². The molecule has 0 amide bonds. The maximum atomic E-state index is 12.2. The van der Waals surface area contributed by atoms with Crippen LogP contribution in [0.25, 0.3) is 0 Å². The lowest BCUT2D eigenvalue weighted by Gasteiger charge is -2.35. The molecule has 0 aliphatic carbocycles. The van der Waals surface area contributed by atoms with Crippen molar-refractivity contribution in [3.05, 3.63) is 23.9 Å². The summed E-state index contributed by atoms with van der Waals surface area (Å²) in [5.74, 6) is 1.25. The smallest absolute Gasteiger partial charge is 0.214 e. The van der Waals surface area contributed by atoms with Gasteiger partial charge in [-0.25, -0.2) is 13.4 Å². The molecule has 2 N–H and O–H groups in total. The molecule has 7 heteroatoms. The van der Waals surface area contributed by atoms with Crippen LogP contribution < -0.4 is 10.6 Å². The Labute approximate surface area is 127 Å². The molecular formula is C14H24N4O2S. The molecule has 0 saturated carbocycles. The molecule has 0 radical (unpaired) electrons. The molecule has 1 aromatic rings. The Morgan fingerprint density at radius 3 is 2.38 bits per heavy atom. The van der Waals surface area contributed by atoms with E-state index in [-0.39, 0.29) is 11.7 Å². The quantitative estimate of drug-likeness (QED) is 0.863. The zero-order chi connectivity index (χ0) is 15.5. The minimum atomic E-state index is -3.13. The van der Waals surface area contributed by atoms with Crippen LogP contribution in [0.1, 0.15) is 19.4 Å². The molecule has 0 atom stereocenters. The third kappa shape index (κ3) is 4.15. The number of hydrogen-bond donors (Lipinski definition) is 1. The average molecular weight is 312 g/mol. The Morgan fingerprint density at radius 1 is 1.24 bits per heavy atom. The minimum Gasteiger partial charge on any atom is -0.354 e. The second kappa shape index (κ2) is 6.72. The van der Waals surface area contributed by atoms with Crippen molar-refractivity contribution in [3.8, 4) is 0 Å². The van der Waals surface area contributed by atoms with Crippen molar-refractivity contribution in [3.63, 3.8) is 0 Å². The van der Waals surface area contributed by atoms with E-state index in [1.54, 1.807) is 10.5 Å². The van der Waals surface area contributed by atoms with Gasteiger partial charge in [0.1, 0.15) is 5.82 Å². The molecule has 1 aliphatic rings. The number of nitrogens with zero attached hydrogens (tertiary/aromatic N) is 3. The van der Waals surface area contributed by atoms with Crippen molar-refractivity contribution in [1.29, 1.82) is 0 Å². The Kier molecular flexibility index (Phi) is 5.18. The van der Waals surface area contributed by atoms with Gasteiger partial charge in [-0.05, 0) is 17.5 Å². The van der Waals surface area contributed by atoms with E-state index >= 15 is 0 Å². The lowest BCUT2D eigenvalue weighted by atomic mass is 10.2. The number of hydrogen-bond acceptors (Lipinski definition) is 5. The van der Waals surface area contributed by atoms with Crippen molar-refractivity contribution in [2.75, 3.05) is 36.8 Å². The molecule has 0 unspecified atom stereocenters. The number of aromatic nitrogens is 1. The van der Waals surface area contributed by atoms with Crippen LogP contribution in [0.4, 0.5) is 5.82 Å². The van der Waals surface area contributed by atoms with Crippen LogP contribution in [0.15, 0.2) is 18.3 Å². The summed E-state index contributed by atoms with van der Waals surface area (Å²) >= 11 is 0. The summed E-state index contributed by atoms with van der Waals surface area (Å²) in [6.45, 7) is 6.73. The van der Waals surface area contributed by atoms with Crippen LogP contribution in [0.3, 0.4) is 0 Å². The number of anilines is 1. The number of pyridine rings is 1. The highest BCUT2D eigenvalue weighted by Gasteiger charge is 2.27. The maximum Gasteiger partial charge on any atom is 0.214 e. The Balaban J connectivity index is 1.96. The van der Waals surface area contributed by atoms with E-state index < -0.39 is 10.0 Å². The highest BCUT2D eigenvalue weighted by molar-refractivity contribution is 7.89. The van der Waals surface area contributed by atoms with Crippen LogP contribution >= 0.6 is 0 Å². The first-order valence-corrected chi connectivity index (χ1v) is 8.91. The minimum absolute atomic E-state index is 0.151. The summed E-state index contributed by atoms with van der Waals surface area (Å²) in [5.41, 5.74) is 6.55. The fourth-order valence-electron chi connectivity index (χ4n) is 2.45. The first-order valence-electron chi connectivity index (χ1n) is 7.30. The van der Waals surface area contributed by atoms with Gasteiger partial charge in [-0.1, -0.05) is 19.9 Å². The van der Waals surface area contributed by atoms with Gasteiger partial charge >= 0.3 is 0 Å². The van der Waals surface area contributed by atoms with Crippen LogP contribution in [0, 0.1) is 5.92 Å². The first-order chi connectivity index (χ1) is 9.92. The number of sulfonamides is 1. The van der Waals surface area contributed by atoms with Crippen molar-refractivity contribution >= 4 is 15.8 Å². The molecule has 6 nitrogen and oxygen atoms in total. The third-order valence-electron chi connectivity index (χ3n) is 3.54. The molecule has 0 spiro atoms. The van der Waals surface area contributed by atoms with Crippen molar-refractivity contribution in [2.45, 2.75) is 20.4 Å². The highest BCUT2D eigenvalue weighted by atomic mass is 32.2. The SMILES string of the molecule is CC(C)CS(=O)(=O)N1CCN(c2ccc(CN)cn2)CC1. The second-order valence-electron chi connectivity index (χ2n) is 5.79. The molecule has 118 valence electrons. The van der Waals surface area contributed by atoms with Gasteiger partial charge in [0.15, 0.2) is 0 Å². The fraction of sp³-hybridized carbons (Fsp3) is 0.643. The summed E-state index contributed by atoms with van der Waals surface area (Å²) in [6, 6.07) is 3.91. The normalized spacial score (nSPS) is 17.4. The van der Waals surface area contributed by atoms with E-state index in [1.807, 2.05) is 26.0 Å². The van der Waals surface area contributed by atoms with Gasteiger partial charge in [0.2, 0.25) is 10.0 Å². The summed E-state index contributed by atoms with van der Waals surface area (Å²) in [6.07, 6.45) is 1.78. The molecule has 0 bridgehead atoms. The van der Waals surface area contributed by atoms with E-state index in [0.717, 1.165) is 11.4 Å². The average Bonchev–Trinajstić information content (AvgIpc) is 2.46. The summed E-state index contributed by atoms with van der Waals surface area (Å²) < 4.78 is 26.0. The van der Waals surface area contributed by atoms with Crippen molar-refractivity contribution in [2.24, 2.45) is 11.7 Å². The lowest BCUT2D eigenvalue weighted by molar-refractivity contribution is 0.381. The largest absolute Gasteiger partial charge is 0.354 e. The van der Waals surface area contributed by atoms with Crippen LogP contribution in [-0.2, 0) is 16.6 Å². The number of piperazine rings is 1. The molecule has 2 rings (SSSR count). The van der Waals surface area contributed by atoms with Crippen LogP contribution in [0.2, 0.25) is 0 Å². The van der Waals surface area contributed by atoms with Gasteiger partial charge in [-0.3, -0.25) is 0 Å². The molecule has 2 heterocycles. The maximum absolute atomic E-state index is 12.2. The predicted molar refractivity (Wildman–Crippen MR) is 84.5 cm³/mol. The molecule has 1 aliphatic heterocycles. The van der Waals surface area contributed by atoms with E-state index in [2.05, 4.69) is 9.88 Å². The molecule has 1 saturated heterocycles. The van der Waals surface area contributed by atoms with E-state index in [1.165, 1.54) is 0 Å². The highest BCUT2D eigenvalue weighted by Crippen LogP contribution is 2.16.